The van der Waals surface area contributed by atoms with Crippen molar-refractivity contribution in [1.82, 2.24) is 4.90 Å². The van der Waals surface area contributed by atoms with Gasteiger partial charge in [-0.2, -0.15) is 0 Å². The van der Waals surface area contributed by atoms with Crippen LogP contribution in [0.25, 0.3) is 0 Å². The Morgan fingerprint density at radius 1 is 1.21 bits per heavy atom. The molecule has 1 aromatic heterocycles. The Morgan fingerprint density at radius 3 is 2.58 bits per heavy atom. The van der Waals surface area contributed by atoms with Gasteiger partial charge in [0, 0.05) is 17.1 Å². The molecule has 0 bridgehead atoms. The van der Waals surface area contributed by atoms with E-state index in [-0.39, 0.29) is 0 Å². The lowest BCUT2D eigenvalue weighted by Gasteiger charge is -2.19. The van der Waals surface area contributed by atoms with E-state index in [0.717, 1.165) is 18.8 Å². The van der Waals surface area contributed by atoms with E-state index in [1.807, 2.05) is 23.5 Å². The minimum absolute atomic E-state index is 0.575. The summed E-state index contributed by atoms with van der Waals surface area (Å²) in [5.41, 5.74) is 7.93. The molecular formula is C16H22N2S. The molecule has 2 rings (SSSR count). The van der Waals surface area contributed by atoms with Crippen molar-refractivity contribution < 1.29 is 0 Å². The Bertz CT molecular complexity index is 476. The van der Waals surface area contributed by atoms with E-state index in [4.69, 9.17) is 5.73 Å². The maximum atomic E-state index is 5.72. The van der Waals surface area contributed by atoms with Crippen LogP contribution in [-0.4, -0.2) is 18.5 Å². The van der Waals surface area contributed by atoms with Gasteiger partial charge < -0.3 is 10.6 Å². The highest BCUT2D eigenvalue weighted by atomic mass is 32.1. The van der Waals surface area contributed by atoms with Crippen LogP contribution in [0.5, 0.6) is 0 Å². The van der Waals surface area contributed by atoms with Gasteiger partial charge in [0.15, 0.2) is 0 Å². The predicted molar refractivity (Wildman–Crippen MR) is 84.5 cm³/mol. The van der Waals surface area contributed by atoms with Gasteiger partial charge in [-0.15, -0.1) is 11.3 Å². The quantitative estimate of drug-likeness (QED) is 0.808. The predicted octanol–water partition coefficient (Wildman–Crippen LogP) is 3.96. The normalized spacial score (nSPS) is 12.8. The third-order valence-corrected chi connectivity index (χ3v) is 4.32. The summed E-state index contributed by atoms with van der Waals surface area (Å²) in [6, 6.07) is 12.6. The molecular weight excluding hydrogens is 252 g/mol. The maximum absolute atomic E-state index is 5.72. The number of thiophene rings is 1. The molecule has 2 N–H and O–H groups in total. The van der Waals surface area contributed by atoms with E-state index in [0.29, 0.717) is 5.92 Å². The van der Waals surface area contributed by atoms with Crippen molar-refractivity contribution in [2.45, 2.75) is 25.8 Å². The third kappa shape index (κ3) is 4.37. The molecule has 3 heteroatoms. The first-order valence-corrected chi connectivity index (χ1v) is 7.59. The summed E-state index contributed by atoms with van der Waals surface area (Å²) in [6.07, 6.45) is 1.17. The molecule has 0 aliphatic carbocycles. The van der Waals surface area contributed by atoms with Gasteiger partial charge in [0.2, 0.25) is 0 Å². The van der Waals surface area contributed by atoms with E-state index in [2.05, 4.69) is 48.5 Å². The Balaban J connectivity index is 1.79. The lowest BCUT2D eigenvalue weighted by atomic mass is 9.97. The van der Waals surface area contributed by atoms with Crippen LogP contribution in [0, 0.1) is 0 Å². The molecule has 2 aromatic rings. The molecule has 0 aliphatic heterocycles. The molecule has 0 saturated heterocycles. The van der Waals surface area contributed by atoms with E-state index < -0.39 is 0 Å². The van der Waals surface area contributed by atoms with Gasteiger partial charge in [-0.05, 0) is 55.1 Å². The molecule has 1 heterocycles. The Morgan fingerprint density at radius 2 is 1.95 bits per heavy atom. The fourth-order valence-electron chi connectivity index (χ4n) is 2.15. The highest BCUT2D eigenvalue weighted by molar-refractivity contribution is 7.09. The number of rotatable bonds is 6. The fourth-order valence-corrected chi connectivity index (χ4v) is 2.94. The number of anilines is 1. The maximum Gasteiger partial charge on any atom is 0.0324 e. The average Bonchev–Trinajstić information content (AvgIpc) is 2.89. The van der Waals surface area contributed by atoms with Crippen LogP contribution in [0.1, 0.15) is 29.7 Å². The first kappa shape index (κ1) is 14.1. The number of nitrogens with zero attached hydrogens (tertiary/aromatic N) is 1. The van der Waals surface area contributed by atoms with Gasteiger partial charge in [-0.1, -0.05) is 25.1 Å². The molecule has 1 atom stereocenters. The van der Waals surface area contributed by atoms with Crippen molar-refractivity contribution in [3.05, 3.63) is 52.2 Å². The molecule has 102 valence electrons. The van der Waals surface area contributed by atoms with E-state index in [1.54, 1.807) is 0 Å². The zero-order valence-electron chi connectivity index (χ0n) is 11.7. The van der Waals surface area contributed by atoms with Crippen LogP contribution in [0.15, 0.2) is 41.8 Å². The van der Waals surface area contributed by atoms with Crippen molar-refractivity contribution >= 4 is 17.0 Å². The van der Waals surface area contributed by atoms with Crippen LogP contribution >= 0.6 is 11.3 Å². The number of nitrogens with two attached hydrogens (primary N) is 1. The first-order valence-electron chi connectivity index (χ1n) is 6.71. The summed E-state index contributed by atoms with van der Waals surface area (Å²) < 4.78 is 0. The minimum atomic E-state index is 0.575. The van der Waals surface area contributed by atoms with Crippen molar-refractivity contribution in [2.75, 3.05) is 19.3 Å². The lowest BCUT2D eigenvalue weighted by molar-refractivity contribution is 0.316. The van der Waals surface area contributed by atoms with Gasteiger partial charge >= 0.3 is 0 Å². The highest BCUT2D eigenvalue weighted by Gasteiger charge is 2.08. The molecule has 0 aliphatic rings. The van der Waals surface area contributed by atoms with Gasteiger partial charge in [-0.3, -0.25) is 0 Å². The van der Waals surface area contributed by atoms with Crippen LogP contribution < -0.4 is 5.73 Å². The summed E-state index contributed by atoms with van der Waals surface area (Å²) in [7, 11) is 2.19. The minimum Gasteiger partial charge on any atom is -0.399 e. The fraction of sp³-hybridized carbons (Fsp3) is 0.375. The lowest BCUT2D eigenvalue weighted by Crippen LogP contribution is -2.19. The van der Waals surface area contributed by atoms with Crippen molar-refractivity contribution in [1.29, 1.82) is 0 Å². The molecule has 2 nitrogen and oxygen atoms in total. The number of hydrogen-bond donors (Lipinski definition) is 1. The van der Waals surface area contributed by atoms with Gasteiger partial charge in [0.05, 0.1) is 0 Å². The molecule has 19 heavy (non-hydrogen) atoms. The topological polar surface area (TPSA) is 29.3 Å². The second-order valence-corrected chi connectivity index (χ2v) is 6.21. The zero-order chi connectivity index (χ0) is 13.7. The largest absolute Gasteiger partial charge is 0.399 e. The Kier molecular flexibility index (Phi) is 5.00. The zero-order valence-corrected chi connectivity index (χ0v) is 12.5. The van der Waals surface area contributed by atoms with E-state index >= 15 is 0 Å². The number of hydrogen-bond acceptors (Lipinski definition) is 3. The smallest absolute Gasteiger partial charge is 0.0324 e. The van der Waals surface area contributed by atoms with Crippen LogP contribution in [0.3, 0.4) is 0 Å². The Hall–Kier alpha value is -1.32. The standard InChI is InChI=1S/C16H22N2S/c1-13(14-5-7-15(17)8-6-14)9-10-18(2)12-16-4-3-11-19-16/h3-8,11,13H,9-10,12,17H2,1-2H3. The highest BCUT2D eigenvalue weighted by Crippen LogP contribution is 2.21. The van der Waals surface area contributed by atoms with Gasteiger partial charge in [0.25, 0.3) is 0 Å². The SMILES string of the molecule is CC(CCN(C)Cc1cccs1)c1ccc(N)cc1. The second-order valence-electron chi connectivity index (χ2n) is 5.17. The van der Waals surface area contributed by atoms with Gasteiger partial charge in [0.1, 0.15) is 0 Å². The molecule has 1 aromatic carbocycles. The first-order chi connectivity index (χ1) is 9.15. The van der Waals surface area contributed by atoms with Crippen molar-refractivity contribution in [2.24, 2.45) is 0 Å². The summed E-state index contributed by atoms with van der Waals surface area (Å²) in [5.74, 6) is 0.575. The number of nitrogen functional groups attached to an aromatic ring is 1. The molecule has 0 fully saturated rings. The average molecular weight is 274 g/mol. The van der Waals surface area contributed by atoms with E-state index in [9.17, 15) is 0 Å². The monoisotopic (exact) mass is 274 g/mol. The molecule has 0 radical (unpaired) electrons. The summed E-state index contributed by atoms with van der Waals surface area (Å²) in [5, 5.41) is 2.14. The van der Waals surface area contributed by atoms with Crippen molar-refractivity contribution in [3.8, 4) is 0 Å². The van der Waals surface area contributed by atoms with Gasteiger partial charge in [-0.25, -0.2) is 0 Å². The third-order valence-electron chi connectivity index (χ3n) is 3.46. The van der Waals surface area contributed by atoms with Crippen LogP contribution in [0.4, 0.5) is 5.69 Å². The number of benzene rings is 1. The summed E-state index contributed by atoms with van der Waals surface area (Å²) in [4.78, 5) is 3.82. The second kappa shape index (κ2) is 6.73. The summed E-state index contributed by atoms with van der Waals surface area (Å²) >= 11 is 1.83. The van der Waals surface area contributed by atoms with E-state index in [1.165, 1.54) is 16.9 Å². The summed E-state index contributed by atoms with van der Waals surface area (Å²) in [6.45, 7) is 4.44. The molecule has 1 unspecified atom stereocenters. The molecule has 0 amide bonds. The molecule has 0 spiro atoms. The molecule has 0 saturated carbocycles. The van der Waals surface area contributed by atoms with Crippen molar-refractivity contribution in [3.63, 3.8) is 0 Å². The van der Waals surface area contributed by atoms with Crippen LogP contribution in [0.2, 0.25) is 0 Å². The van der Waals surface area contributed by atoms with Crippen LogP contribution in [-0.2, 0) is 6.54 Å². The Labute approximate surface area is 119 Å².